The summed E-state index contributed by atoms with van der Waals surface area (Å²) in [7, 11) is 25.7. The second-order valence-electron chi connectivity index (χ2n) is 9.14. The number of hydrogen-bond donors (Lipinski definition) is 2. The van der Waals surface area contributed by atoms with Crippen LogP contribution in [0.25, 0.3) is 0 Å². The SMILES string of the molecule is C.C.C.C.C.C.C.C.C.C.C.C.C.C.C.C.C.C.C.C.C.C.C.C.C.C.C=C=C=C=C=C=C.CC(=O)c1cc(Br)c(Br)s1.CC(=O)c1cc(Br)c(Br)s1.CN(C)CCCN.O.O=C(O)c1cc(Br)c(Br)s1.P.[2H-].[B][B]B([B])B([B])[B]. The smallest absolute Gasteiger partial charge is 0.345 e. The van der Waals surface area contributed by atoms with Gasteiger partial charge in [0.2, 0.25) is 0 Å². The molecule has 0 aliphatic rings. The Hall–Kier alpha value is 0.195. The van der Waals surface area contributed by atoms with Crippen molar-refractivity contribution in [2.24, 2.45) is 5.73 Å². The van der Waals surface area contributed by atoms with Crippen LogP contribution >= 0.6 is 139 Å². The predicted molar refractivity (Wildman–Crippen MR) is 438 cm³/mol. The molecule has 0 saturated heterocycles. The predicted octanol–water partition coefficient (Wildman–Crippen LogP) is 24.6. The van der Waals surface area contributed by atoms with Gasteiger partial charge in [-0.1, -0.05) is 205 Å². The average molecular weight is 1590 g/mol. The third-order valence-electron chi connectivity index (χ3n) is 4.62. The Balaban J connectivity index is -0.0000000108. The van der Waals surface area contributed by atoms with E-state index >= 15 is 0 Å². The molecule has 1 atom stereocenters. The first-order valence-corrected chi connectivity index (χ1v) is 21.0. The highest BCUT2D eigenvalue weighted by atomic mass is 79.9. The Bertz CT molecular complexity index is 1530. The number of Topliss-reactive ketones (excluding diaryl/α,β-unsaturated/α-hetero) is 2. The first kappa shape index (κ1) is 208. The second-order valence-corrected chi connectivity index (χ2v) is 18.8. The Morgan fingerprint density at radius 1 is 0.570 bits per heavy atom. The van der Waals surface area contributed by atoms with Gasteiger partial charge >= 0.3 is 5.97 Å². The van der Waals surface area contributed by atoms with E-state index in [1.807, 2.05) is 12.1 Å². The topological polar surface area (TPSA) is 132 Å². The van der Waals surface area contributed by atoms with Crippen molar-refractivity contribution in [3.8, 4) is 0 Å². The molecule has 9 radical (unpaired) electrons. The normalized spacial score (nSPS) is 5.62. The highest BCUT2D eigenvalue weighted by Gasteiger charge is 2.10. The summed E-state index contributed by atoms with van der Waals surface area (Å²) >= 11 is 23.7. The highest BCUT2D eigenvalue weighted by molar-refractivity contribution is 9.14. The minimum absolute atomic E-state index is 0. The second kappa shape index (κ2) is 129. The zero-order valence-electron chi connectivity index (χ0n) is 30.2. The fraction of sp³-hybridized carbons (Fsp3) is 0.600. The lowest BCUT2D eigenvalue weighted by molar-refractivity contribution is 0.0701. The van der Waals surface area contributed by atoms with Gasteiger partial charge in [0.15, 0.2) is 11.6 Å². The number of carbonyl (C=O) groups excluding carboxylic acids is 2. The number of rotatable bonds is 8. The lowest BCUT2D eigenvalue weighted by Crippen LogP contribution is -2.43. The van der Waals surface area contributed by atoms with Gasteiger partial charge in [0.1, 0.15) is 4.88 Å². The zero-order valence-corrected chi connectivity index (χ0v) is 42.6. The van der Waals surface area contributed by atoms with Crippen LogP contribution in [-0.2, 0) is 0 Å². The minimum Gasteiger partial charge on any atom is -1.00 e. The van der Waals surface area contributed by atoms with Gasteiger partial charge < -0.3 is 22.6 Å². The third-order valence-corrected chi connectivity index (χ3v) is 14.6. The van der Waals surface area contributed by atoms with Gasteiger partial charge in [0, 0.05) is 64.2 Å². The summed E-state index contributed by atoms with van der Waals surface area (Å²) in [6.07, 6.45) is 0.178. The summed E-state index contributed by atoms with van der Waals surface area (Å²) in [5.41, 5.74) is 17.3. The molecule has 3 aromatic heterocycles. The first-order chi connectivity index (χ1) is 23.7. The van der Waals surface area contributed by atoms with Gasteiger partial charge in [-0.05, 0) is 192 Å². The molecule has 0 amide bonds. The molecule has 24 heteroatoms. The fourth-order valence-electron chi connectivity index (χ4n) is 2.15. The molecule has 485 valence electrons. The Kier molecular flexibility index (Phi) is 339. The number of hydrogen-bond acceptors (Lipinski definition) is 8. The summed E-state index contributed by atoms with van der Waals surface area (Å²) in [6, 6.07) is 5.20. The van der Waals surface area contributed by atoms with Crippen LogP contribution in [-0.4, -0.2) is 111 Å². The maximum atomic E-state index is 10.8. The van der Waals surface area contributed by atoms with Crippen LogP contribution in [0.15, 0.2) is 84.8 Å². The number of carboxylic acid groups (broad SMARTS) is 1. The maximum absolute atomic E-state index is 10.8. The number of nitrogens with zero attached hydrogens (tertiary/aromatic N) is 1. The van der Waals surface area contributed by atoms with Crippen LogP contribution in [0.2, 0.25) is 0 Å². The molecule has 1 unspecified atom stereocenters. The summed E-state index contributed by atoms with van der Waals surface area (Å²) in [5.74, 6) is -0.677. The van der Waals surface area contributed by atoms with Crippen molar-refractivity contribution in [1.29, 1.82) is 0 Å². The number of aromatic carboxylic acids is 1. The van der Waals surface area contributed by atoms with Gasteiger partial charge in [-0.25, -0.2) is 4.79 Å². The van der Waals surface area contributed by atoms with Gasteiger partial charge in [-0.2, -0.15) is 9.90 Å². The van der Waals surface area contributed by atoms with Crippen molar-refractivity contribution in [1.82, 2.24) is 4.90 Å². The monoisotopic (exact) mass is 1590 g/mol. The van der Waals surface area contributed by atoms with Crippen molar-refractivity contribution in [3.63, 3.8) is 0 Å². The number of thiophene rings is 3. The average Bonchev–Trinajstić information content (AvgIpc) is 3.72. The quantitative estimate of drug-likeness (QED) is 0.0999. The van der Waals surface area contributed by atoms with E-state index in [-0.39, 0.29) is 228 Å². The number of carbonyl (C=O) groups is 3. The molecule has 0 aliphatic carbocycles. The number of carboxylic acids is 1. The number of ketones is 2. The third kappa shape index (κ3) is 117. The van der Waals surface area contributed by atoms with E-state index in [9.17, 15) is 14.4 Å². The van der Waals surface area contributed by atoms with Crippen molar-refractivity contribution >= 4 is 208 Å². The van der Waals surface area contributed by atoms with E-state index in [0.717, 1.165) is 54.0 Å². The molecule has 3 rings (SSSR count). The fourth-order valence-corrected chi connectivity index (χ4v) is 7.88. The van der Waals surface area contributed by atoms with E-state index in [4.69, 9.17) is 41.8 Å². The van der Waals surface area contributed by atoms with Gasteiger partial charge in [0.05, 0.1) is 21.1 Å². The van der Waals surface area contributed by atoms with Gasteiger partial charge in [-0.15, -0.1) is 34.0 Å². The van der Waals surface area contributed by atoms with Crippen LogP contribution in [0.5, 0.6) is 0 Å². The molecule has 0 bridgehead atoms. The molecule has 0 saturated carbocycles. The Labute approximate surface area is 579 Å². The standard InChI is InChI=1S/C7H4.2C6H4Br2OS.C5H2Br2O2S.C5H14N2.26CH4.B7.H2O.H3P.H/c1-3-5-7-6-4-2;2*1-3(9)5-2-4(7)6(8)10-5;6-2-1-3(5(8)9)10-4(2)7;1-7(2)5-3-4-6;;;;;;;;;;;;;;;;;;;;;;;;;;;1-5-7(4)6(2)3;;;/h1-2H2;2*2H,1H3;1H,(H,8,9);3-6H2,1-2H3;26*1H4;;1H2;1H3;/q;;;;;;;;;;;;;;;;;;;;;;;;;;;;;;;;;;-1/i;;;;;;;;;;;;;;;;;;;;;;;;;;;;;;;;;;1+1. The largest absolute Gasteiger partial charge is 1.00 e. The summed E-state index contributed by atoms with van der Waals surface area (Å²) in [6.45, 7) is 11.5. The molecule has 7 nitrogen and oxygen atoms in total. The molecule has 0 fully saturated rings. The molecule has 0 aliphatic heterocycles. The molecule has 5 N–H and O–H groups in total. The van der Waals surface area contributed by atoms with Crippen LogP contribution in [0.4, 0.5) is 0 Å². The molecule has 3 heterocycles. The number of nitrogens with two attached hydrogens (primary N) is 1. The summed E-state index contributed by atoms with van der Waals surface area (Å²) in [5, 5.41) is 8.49. The first-order valence-electron chi connectivity index (χ1n) is 13.8. The van der Waals surface area contributed by atoms with Crippen molar-refractivity contribution in [2.45, 2.75) is 213 Å². The van der Waals surface area contributed by atoms with Crippen LogP contribution in [0, 0.1) is 0 Å². The van der Waals surface area contributed by atoms with E-state index in [2.05, 4.69) is 156 Å². The minimum atomic E-state index is -0.892. The zero-order chi connectivity index (χ0) is 40.3. The molecular weight excluding hydrogens is 1450 g/mol. The molecular formula is C55H138B7Br6N2O5PS3-. The van der Waals surface area contributed by atoms with Crippen LogP contribution in [0.3, 0.4) is 0 Å². The molecule has 0 aromatic carbocycles. The molecule has 0 spiro atoms. The highest BCUT2D eigenvalue weighted by Crippen LogP contribution is 2.33. The Morgan fingerprint density at radius 3 is 0.873 bits per heavy atom. The Morgan fingerprint density at radius 2 is 0.797 bits per heavy atom. The summed E-state index contributed by atoms with van der Waals surface area (Å²) < 4.78 is 5.43. The van der Waals surface area contributed by atoms with Crippen molar-refractivity contribution in [3.05, 3.63) is 99.4 Å². The van der Waals surface area contributed by atoms with E-state index in [1.165, 1.54) is 41.1 Å². The summed E-state index contributed by atoms with van der Waals surface area (Å²) in [4.78, 5) is 35.9. The molecule has 3 aromatic rings. The van der Waals surface area contributed by atoms with Crippen molar-refractivity contribution in [2.75, 3.05) is 27.2 Å². The van der Waals surface area contributed by atoms with E-state index in [0.29, 0.717) is 4.88 Å². The van der Waals surface area contributed by atoms with Gasteiger partial charge in [0.25, 0.3) is 0 Å². The lowest BCUT2D eigenvalue weighted by Gasteiger charge is -2.05. The van der Waals surface area contributed by atoms with E-state index in [1.54, 1.807) is 19.9 Å². The number of halogens is 6. The van der Waals surface area contributed by atoms with Crippen LogP contribution < -0.4 is 5.73 Å². The van der Waals surface area contributed by atoms with Gasteiger partial charge in [-0.3, -0.25) is 9.59 Å². The van der Waals surface area contributed by atoms with Crippen molar-refractivity contribution < 1.29 is 26.4 Å². The maximum Gasteiger partial charge on any atom is 0.345 e. The molecule has 79 heavy (non-hydrogen) atoms. The van der Waals surface area contributed by atoms with E-state index < -0.39 is 12.4 Å². The van der Waals surface area contributed by atoms with Crippen LogP contribution in [0.1, 0.15) is 244 Å². The lowest BCUT2D eigenvalue weighted by atomic mass is 8.76.